The van der Waals surface area contributed by atoms with Gasteiger partial charge in [-0.15, -0.1) is 0 Å². The topological polar surface area (TPSA) is 61.4 Å². The summed E-state index contributed by atoms with van der Waals surface area (Å²) in [6.45, 7) is 7.47. The van der Waals surface area contributed by atoms with E-state index < -0.39 is 0 Å². The fourth-order valence-electron chi connectivity index (χ4n) is 2.30. The van der Waals surface area contributed by atoms with Gasteiger partial charge in [-0.05, 0) is 24.7 Å². The molecule has 17 heavy (non-hydrogen) atoms. The van der Waals surface area contributed by atoms with Crippen LogP contribution in [0.1, 0.15) is 46.5 Å². The third-order valence-electron chi connectivity index (χ3n) is 3.38. The molecule has 2 unspecified atom stereocenters. The Labute approximate surface area is 104 Å². The average Bonchev–Trinajstić information content (AvgIpc) is 2.41. The highest BCUT2D eigenvalue weighted by molar-refractivity contribution is 5.76. The first-order valence-electron chi connectivity index (χ1n) is 6.57. The molecule has 0 aromatic rings. The number of aliphatic hydroxyl groups excluding tert-OH is 1. The minimum Gasteiger partial charge on any atom is -0.396 e. The van der Waals surface area contributed by atoms with Gasteiger partial charge in [0.1, 0.15) is 0 Å². The highest BCUT2D eigenvalue weighted by atomic mass is 16.3. The first-order valence-corrected chi connectivity index (χ1v) is 6.57. The summed E-state index contributed by atoms with van der Waals surface area (Å²) in [6, 6.07) is 0.497. The fourth-order valence-corrected chi connectivity index (χ4v) is 2.30. The molecular weight excluding hydrogens is 216 g/mol. The van der Waals surface area contributed by atoms with E-state index in [0.717, 1.165) is 25.8 Å². The van der Waals surface area contributed by atoms with E-state index in [-0.39, 0.29) is 30.0 Å². The van der Waals surface area contributed by atoms with Crippen LogP contribution in [-0.2, 0) is 4.79 Å². The van der Waals surface area contributed by atoms with Gasteiger partial charge in [0.05, 0.1) is 0 Å². The Morgan fingerprint density at radius 3 is 2.82 bits per heavy atom. The van der Waals surface area contributed by atoms with Crippen molar-refractivity contribution in [3.8, 4) is 0 Å². The largest absolute Gasteiger partial charge is 0.396 e. The molecule has 4 nitrogen and oxygen atoms in total. The zero-order valence-electron chi connectivity index (χ0n) is 11.3. The number of rotatable bonds is 4. The first-order chi connectivity index (χ1) is 7.93. The van der Waals surface area contributed by atoms with E-state index in [1.165, 1.54) is 0 Å². The molecule has 1 amide bonds. The van der Waals surface area contributed by atoms with E-state index in [2.05, 4.69) is 31.4 Å². The summed E-state index contributed by atoms with van der Waals surface area (Å²) < 4.78 is 0. The van der Waals surface area contributed by atoms with Crippen LogP contribution in [0.5, 0.6) is 0 Å². The van der Waals surface area contributed by atoms with Gasteiger partial charge in [-0.1, -0.05) is 20.8 Å². The predicted molar refractivity (Wildman–Crippen MR) is 68.7 cm³/mol. The van der Waals surface area contributed by atoms with Crippen molar-refractivity contribution in [2.45, 2.75) is 58.5 Å². The second-order valence-corrected chi connectivity index (χ2v) is 5.99. The van der Waals surface area contributed by atoms with Crippen molar-refractivity contribution < 1.29 is 9.90 Å². The lowest BCUT2D eigenvalue weighted by Gasteiger charge is -2.34. The third kappa shape index (κ3) is 5.04. The minimum absolute atomic E-state index is 0.103. The van der Waals surface area contributed by atoms with Crippen molar-refractivity contribution in [2.24, 2.45) is 5.41 Å². The Morgan fingerprint density at radius 2 is 2.24 bits per heavy atom. The molecule has 0 radical (unpaired) electrons. The van der Waals surface area contributed by atoms with E-state index in [9.17, 15) is 4.79 Å². The maximum Gasteiger partial charge on any atom is 0.221 e. The maximum atomic E-state index is 11.5. The van der Waals surface area contributed by atoms with Gasteiger partial charge in [0.2, 0.25) is 5.91 Å². The van der Waals surface area contributed by atoms with Crippen LogP contribution in [0.15, 0.2) is 0 Å². The van der Waals surface area contributed by atoms with Crippen LogP contribution in [0.3, 0.4) is 0 Å². The molecule has 1 saturated heterocycles. The van der Waals surface area contributed by atoms with Crippen LogP contribution in [0.4, 0.5) is 0 Å². The summed E-state index contributed by atoms with van der Waals surface area (Å²) in [5.41, 5.74) is 0.103. The Kier molecular flexibility index (Phi) is 5.40. The monoisotopic (exact) mass is 242 g/mol. The van der Waals surface area contributed by atoms with Crippen molar-refractivity contribution >= 4 is 5.91 Å². The zero-order valence-corrected chi connectivity index (χ0v) is 11.3. The second kappa shape index (κ2) is 6.36. The summed E-state index contributed by atoms with van der Waals surface area (Å²) in [5, 5.41) is 15.6. The number of hydrogen-bond acceptors (Lipinski definition) is 3. The van der Waals surface area contributed by atoms with Gasteiger partial charge < -0.3 is 15.7 Å². The minimum atomic E-state index is 0.103. The number of hydrogen-bond donors (Lipinski definition) is 3. The van der Waals surface area contributed by atoms with Gasteiger partial charge in [-0.3, -0.25) is 4.79 Å². The summed E-state index contributed by atoms with van der Waals surface area (Å²) in [7, 11) is 0. The van der Waals surface area contributed by atoms with Crippen LogP contribution in [0.25, 0.3) is 0 Å². The molecule has 0 spiro atoms. The van der Waals surface area contributed by atoms with Crippen LogP contribution in [0.2, 0.25) is 0 Å². The molecular formula is C13H26N2O2. The Bertz CT molecular complexity index is 248. The molecule has 1 aliphatic rings. The zero-order chi connectivity index (χ0) is 12.9. The van der Waals surface area contributed by atoms with E-state index >= 15 is 0 Å². The molecule has 1 heterocycles. The molecule has 1 rings (SSSR count). The van der Waals surface area contributed by atoms with Crippen molar-refractivity contribution in [3.63, 3.8) is 0 Å². The van der Waals surface area contributed by atoms with Gasteiger partial charge >= 0.3 is 0 Å². The summed E-state index contributed by atoms with van der Waals surface area (Å²) >= 11 is 0. The lowest BCUT2D eigenvalue weighted by molar-refractivity contribution is -0.121. The lowest BCUT2D eigenvalue weighted by Crippen LogP contribution is -2.47. The normalized spacial score (nSPS) is 24.0. The Morgan fingerprint density at radius 1 is 1.53 bits per heavy atom. The maximum absolute atomic E-state index is 11.5. The van der Waals surface area contributed by atoms with E-state index in [1.54, 1.807) is 0 Å². The molecule has 0 bridgehead atoms. The quantitative estimate of drug-likeness (QED) is 0.690. The van der Waals surface area contributed by atoms with Crippen LogP contribution >= 0.6 is 0 Å². The van der Waals surface area contributed by atoms with E-state index in [0.29, 0.717) is 6.42 Å². The average molecular weight is 242 g/mol. The van der Waals surface area contributed by atoms with Gasteiger partial charge in [0, 0.05) is 31.7 Å². The molecule has 100 valence electrons. The van der Waals surface area contributed by atoms with Crippen LogP contribution < -0.4 is 10.6 Å². The van der Waals surface area contributed by atoms with Crippen LogP contribution in [0, 0.1) is 5.41 Å². The number of amides is 1. The van der Waals surface area contributed by atoms with Gasteiger partial charge in [-0.25, -0.2) is 0 Å². The molecule has 1 fully saturated rings. The summed E-state index contributed by atoms with van der Waals surface area (Å²) in [5.74, 6) is 0.136. The molecule has 3 N–H and O–H groups in total. The highest BCUT2D eigenvalue weighted by Gasteiger charge is 2.27. The summed E-state index contributed by atoms with van der Waals surface area (Å²) in [4.78, 5) is 11.5. The van der Waals surface area contributed by atoms with E-state index in [1.807, 2.05) is 0 Å². The van der Waals surface area contributed by atoms with Gasteiger partial charge in [0.15, 0.2) is 0 Å². The molecule has 0 aliphatic carbocycles. The lowest BCUT2D eigenvalue weighted by atomic mass is 9.84. The van der Waals surface area contributed by atoms with Crippen LogP contribution in [-0.4, -0.2) is 36.2 Å². The number of nitrogens with one attached hydrogen (secondary N) is 2. The Balaban J connectivity index is 2.56. The molecule has 0 aromatic carbocycles. The first kappa shape index (κ1) is 14.5. The Hall–Kier alpha value is -0.610. The molecule has 0 aromatic heterocycles. The second-order valence-electron chi connectivity index (χ2n) is 5.99. The molecule has 0 saturated carbocycles. The van der Waals surface area contributed by atoms with Gasteiger partial charge in [0.25, 0.3) is 0 Å². The number of carbonyl (C=O) groups excluding carboxylic acids is 1. The smallest absolute Gasteiger partial charge is 0.221 e. The van der Waals surface area contributed by atoms with Crippen molar-refractivity contribution in [1.29, 1.82) is 0 Å². The van der Waals surface area contributed by atoms with Crippen molar-refractivity contribution in [3.05, 3.63) is 0 Å². The standard InChI is InChI=1S/C13H26N2O2/c1-13(2,3)11(6-8-16)15-10-5-4-7-14-12(17)9-10/h10-11,15-16H,4-9H2,1-3H3,(H,14,17). The summed E-state index contributed by atoms with van der Waals surface area (Å²) in [6.07, 6.45) is 3.34. The molecule has 2 atom stereocenters. The molecule has 1 aliphatic heterocycles. The number of carbonyl (C=O) groups is 1. The fraction of sp³-hybridized carbons (Fsp3) is 0.923. The van der Waals surface area contributed by atoms with Crippen molar-refractivity contribution in [2.75, 3.05) is 13.2 Å². The number of aliphatic hydroxyl groups is 1. The SMILES string of the molecule is CC(C)(C)C(CCO)NC1CCCNC(=O)C1. The third-order valence-corrected chi connectivity index (χ3v) is 3.38. The molecule has 4 heteroatoms. The van der Waals surface area contributed by atoms with E-state index in [4.69, 9.17) is 5.11 Å². The van der Waals surface area contributed by atoms with Crippen molar-refractivity contribution in [1.82, 2.24) is 10.6 Å². The highest BCUT2D eigenvalue weighted by Crippen LogP contribution is 2.23. The van der Waals surface area contributed by atoms with Gasteiger partial charge in [-0.2, -0.15) is 0 Å². The predicted octanol–water partition coefficient (Wildman–Crippen LogP) is 1.04.